The Balaban J connectivity index is 1.20. The normalized spacial score (nSPS) is 39.0. The molecule has 2 aromatic rings. The van der Waals surface area contributed by atoms with Gasteiger partial charge in [0, 0.05) is 62.9 Å². The summed E-state index contributed by atoms with van der Waals surface area (Å²) in [6.07, 6.45) is -8.23. The molecule has 0 saturated carbocycles. The maximum Gasteiger partial charge on any atom is 0.414 e. The topological polar surface area (TPSA) is 321 Å². The highest BCUT2D eigenvalue weighted by Gasteiger charge is 2.53. The third kappa shape index (κ3) is 15.4. The van der Waals surface area contributed by atoms with Gasteiger partial charge in [0.2, 0.25) is 10.0 Å². The number of amides is 1. The number of nitrogens with zero attached hydrogens (tertiary/aromatic N) is 6. The van der Waals surface area contributed by atoms with Crippen LogP contribution in [0.1, 0.15) is 101 Å². The summed E-state index contributed by atoms with van der Waals surface area (Å²) in [6, 6.07) is 3.99. The van der Waals surface area contributed by atoms with E-state index in [1.165, 1.54) is 43.2 Å². The fourth-order valence-corrected chi connectivity index (χ4v) is 14.2. The number of methoxy groups -OCH3 is 1. The number of hydrogen-bond acceptors (Lipinski definition) is 22. The zero-order chi connectivity index (χ0) is 58.9. The summed E-state index contributed by atoms with van der Waals surface area (Å²) in [5.41, 5.74) is -3.70. The van der Waals surface area contributed by atoms with E-state index in [0.29, 0.717) is 37.3 Å². The molecule has 1 amide bonds. The van der Waals surface area contributed by atoms with E-state index in [1.54, 1.807) is 63.5 Å². The molecule has 6 N–H and O–H groups in total. The van der Waals surface area contributed by atoms with Crippen LogP contribution in [0.2, 0.25) is 0 Å². The number of sulfonamides is 2. The Hall–Kier alpha value is -3.52. The Bertz CT molecular complexity index is 2600. The van der Waals surface area contributed by atoms with Gasteiger partial charge in [0.15, 0.2) is 12.6 Å². The largest absolute Gasteiger partial charge is 0.459 e. The molecule has 0 bridgehead atoms. The minimum atomic E-state index is -4.35. The quantitative estimate of drug-likeness (QED) is 0.129. The van der Waals surface area contributed by atoms with Gasteiger partial charge in [0.1, 0.15) is 36.1 Å². The lowest BCUT2D eigenvalue weighted by Crippen LogP contribution is -2.61. The van der Waals surface area contributed by atoms with Gasteiger partial charge in [0.25, 0.3) is 10.0 Å². The zero-order valence-corrected chi connectivity index (χ0v) is 49.7. The fourth-order valence-electron chi connectivity index (χ4n) is 11.7. The summed E-state index contributed by atoms with van der Waals surface area (Å²) in [5.74, 6) is -2.96. The van der Waals surface area contributed by atoms with Crippen LogP contribution in [-0.4, -0.2) is 223 Å². The highest BCUT2D eigenvalue weighted by Crippen LogP contribution is 2.40. The van der Waals surface area contributed by atoms with Gasteiger partial charge in [-0.2, -0.15) is 0 Å². The second-order valence-corrected chi connectivity index (χ2v) is 27.0. The number of likely N-dealkylation sites (N-methyl/N-ethyl adjacent to an activating group) is 2. The van der Waals surface area contributed by atoms with E-state index in [4.69, 9.17) is 33.2 Å². The van der Waals surface area contributed by atoms with Gasteiger partial charge < -0.3 is 68.5 Å². The van der Waals surface area contributed by atoms with Crippen LogP contribution >= 0.6 is 0 Å². The van der Waals surface area contributed by atoms with Crippen molar-refractivity contribution in [1.29, 1.82) is 0 Å². The number of aliphatic hydroxyl groups is 5. The first-order valence-corrected chi connectivity index (χ1v) is 30.5. The molecular formula is C52H87N7O18S2. The van der Waals surface area contributed by atoms with Crippen molar-refractivity contribution in [2.45, 2.75) is 209 Å². The predicted octanol–water partition coefficient (Wildman–Crippen LogP) is 1.37. The van der Waals surface area contributed by atoms with Crippen LogP contribution in [0, 0.1) is 17.8 Å². The molecule has 79 heavy (non-hydrogen) atoms. The molecule has 1 aromatic heterocycles. The van der Waals surface area contributed by atoms with Crippen molar-refractivity contribution in [3.8, 4) is 0 Å². The molecule has 450 valence electrons. The smallest absolute Gasteiger partial charge is 0.414 e. The lowest BCUT2D eigenvalue weighted by atomic mass is 9.77. The summed E-state index contributed by atoms with van der Waals surface area (Å²) < 4.78 is 95.0. The predicted molar refractivity (Wildman–Crippen MR) is 286 cm³/mol. The van der Waals surface area contributed by atoms with Crippen molar-refractivity contribution in [2.75, 3.05) is 52.0 Å². The van der Waals surface area contributed by atoms with E-state index in [1.807, 2.05) is 37.7 Å². The van der Waals surface area contributed by atoms with E-state index in [0.717, 1.165) is 6.26 Å². The van der Waals surface area contributed by atoms with Crippen molar-refractivity contribution in [1.82, 2.24) is 28.9 Å². The number of cyclic esters (lactones) is 2. The first-order chi connectivity index (χ1) is 36.6. The molecule has 4 saturated heterocycles. The van der Waals surface area contributed by atoms with Crippen LogP contribution < -0.4 is 9.03 Å². The summed E-state index contributed by atoms with van der Waals surface area (Å²) in [5, 5.41) is 68.4. The molecule has 19 atom stereocenters. The number of benzene rings is 1. The van der Waals surface area contributed by atoms with Gasteiger partial charge in [-0.3, -0.25) is 9.69 Å². The number of ether oxygens (including phenoxy) is 7. The maximum absolute atomic E-state index is 14.5. The second kappa shape index (κ2) is 25.5. The lowest BCUT2D eigenvalue weighted by Gasteiger charge is -2.49. The number of carbonyl (C=O) groups excluding carboxylic acids is 2. The number of aliphatic hydroxyl groups excluding tert-OH is 3. The minimum absolute atomic E-state index is 0.0645. The van der Waals surface area contributed by atoms with Crippen LogP contribution in [0.3, 0.4) is 0 Å². The molecule has 1 aromatic carbocycles. The molecule has 0 aliphatic carbocycles. The highest BCUT2D eigenvalue weighted by atomic mass is 32.3. The van der Waals surface area contributed by atoms with Crippen LogP contribution in [0.5, 0.6) is 0 Å². The van der Waals surface area contributed by atoms with Crippen LogP contribution in [0.25, 0.3) is 0 Å². The van der Waals surface area contributed by atoms with Crippen molar-refractivity contribution >= 4 is 37.8 Å². The van der Waals surface area contributed by atoms with Gasteiger partial charge in [-0.05, 0) is 112 Å². The van der Waals surface area contributed by atoms with Crippen LogP contribution in [-0.2, 0) is 71.0 Å². The first-order valence-electron chi connectivity index (χ1n) is 27.1. The van der Waals surface area contributed by atoms with Crippen molar-refractivity contribution in [2.24, 2.45) is 17.8 Å². The van der Waals surface area contributed by atoms with Gasteiger partial charge in [-0.1, -0.05) is 26.0 Å². The molecule has 4 aliphatic heterocycles. The Morgan fingerprint density at radius 2 is 1.57 bits per heavy atom. The molecule has 25 nitrogen and oxygen atoms in total. The van der Waals surface area contributed by atoms with Crippen LogP contribution in [0.4, 0.5) is 10.5 Å². The number of rotatable bonds is 16. The van der Waals surface area contributed by atoms with Gasteiger partial charge in [-0.15, -0.1) is 9.23 Å². The van der Waals surface area contributed by atoms with Crippen molar-refractivity contribution in [3.05, 3.63) is 36.2 Å². The fraction of sp³-hybridized carbons (Fsp3) is 0.808. The molecule has 4 fully saturated rings. The lowest BCUT2D eigenvalue weighted by molar-refractivity contribution is -0.318. The molecular weight excluding hydrogens is 1070 g/mol. The number of aromatic nitrogens is 3. The van der Waals surface area contributed by atoms with Crippen molar-refractivity contribution in [3.63, 3.8) is 0 Å². The number of carbonyl (C=O) groups is 2. The third-order valence-electron chi connectivity index (χ3n) is 16.4. The number of esters is 1. The summed E-state index contributed by atoms with van der Waals surface area (Å²) in [4.78, 5) is 32.3. The second-order valence-electron chi connectivity index (χ2n) is 23.3. The van der Waals surface area contributed by atoms with Crippen LogP contribution in [0.15, 0.2) is 35.4 Å². The van der Waals surface area contributed by atoms with E-state index in [9.17, 15) is 52.0 Å². The molecule has 1 unspecified atom stereocenters. The number of hydrogen-bond donors (Lipinski definition) is 6. The van der Waals surface area contributed by atoms with Gasteiger partial charge in [-0.25, -0.2) is 26.3 Å². The monoisotopic (exact) mass is 1160 g/mol. The average Bonchev–Trinajstić information content (AvgIpc) is 4.00. The molecule has 5 heterocycles. The summed E-state index contributed by atoms with van der Waals surface area (Å²) in [7, 11) is -3.26. The third-order valence-corrected chi connectivity index (χ3v) is 19.4. The molecule has 0 radical (unpaired) electrons. The Kier molecular flexibility index (Phi) is 20.9. The number of nitrogens with one attached hydrogen (secondary N) is 1. The van der Waals surface area contributed by atoms with Gasteiger partial charge in [0.05, 0.1) is 71.5 Å². The Labute approximate surface area is 465 Å². The van der Waals surface area contributed by atoms with E-state index in [2.05, 4.69) is 10.3 Å². The molecule has 6 rings (SSSR count). The maximum atomic E-state index is 14.5. The van der Waals surface area contributed by atoms with Crippen molar-refractivity contribution < 1.29 is 85.1 Å². The molecule has 0 spiro atoms. The molecule has 27 heteroatoms. The zero-order valence-electron chi connectivity index (χ0n) is 48.0. The van der Waals surface area contributed by atoms with Gasteiger partial charge >= 0.3 is 12.1 Å². The summed E-state index contributed by atoms with van der Waals surface area (Å²) >= 11 is 0. The average molecular weight is 1160 g/mol. The Morgan fingerprint density at radius 3 is 2.19 bits per heavy atom. The SMILES string of the molecule is CC[C@H]1OC(=O)[C@H](C)[C@@H](O[C@H]2C[C@@](C)(OC)[C@@H](O)[C@H](C)O2)[C@H](C)[C@@H](OC2O[C@H](C)C[C@H](N(C)CCc3cn(C[C@H]4CN(c5ccc(S(=O)(=O)NS(C)(=O)=O)cc5)C(=O)O4)nn3)[C@H]2O)[C@](C)(O)C[C@@H](C)CN(C)[C@H](C)[C@@H](O)[C@]1(C)O. The highest BCUT2D eigenvalue weighted by molar-refractivity contribution is 8.04. The Morgan fingerprint density at radius 1 is 0.911 bits per heavy atom. The molecule has 4 aliphatic rings. The standard InChI is InChI=1S/C52H87N7O18S2/c1-15-40-52(10,66)44(61)33(6)57(12)25-29(2)23-50(8,65)46(31(4)43(32(5)47(63)75-40)76-41-24-51(9,71-13)45(62)34(7)73-41)77-48-42(60)39(22-30(3)72-48)56(11)21-20-35-26-58(54-53-35)27-37-28-59(49(64)74-37)36-16-18-38(19-17-36)79(69,70)55-78(14,67)68/h16-19,26,29-34,37,39-46,48,55,60-62,65-66H,15,20-25,27-28H2,1-14H3/t29-,30-,31+,32-,33-,34+,37+,39+,40-,41+,42-,43+,44-,45+,46-,48?,50-,51-,52-/m1/s1. The first kappa shape index (κ1) is 64.6. The summed E-state index contributed by atoms with van der Waals surface area (Å²) in [6.45, 7) is 18.3. The minimum Gasteiger partial charge on any atom is -0.459 e. The van der Waals surface area contributed by atoms with E-state index >= 15 is 0 Å². The van der Waals surface area contributed by atoms with E-state index < -0.39 is 140 Å². The number of anilines is 1. The van der Waals surface area contributed by atoms with E-state index in [-0.39, 0.29) is 43.2 Å².